The molecule has 116 valence electrons. The summed E-state index contributed by atoms with van der Waals surface area (Å²) in [7, 11) is 0. The van der Waals surface area contributed by atoms with Crippen LogP contribution in [0.1, 0.15) is 33.6 Å². The van der Waals surface area contributed by atoms with Crippen LogP contribution in [0.15, 0.2) is 12.2 Å². The average molecular weight is 296 g/mol. The highest BCUT2D eigenvalue weighted by Crippen LogP contribution is 2.51. The van der Waals surface area contributed by atoms with E-state index in [-0.39, 0.29) is 19.6 Å². The SMILES string of the molecule is C=C1C[C@]2(C)C[C@H](C(=O)OCC)C(=O)[C@@]1(C(=O)OCC)O2. The number of ketones is 1. The summed E-state index contributed by atoms with van der Waals surface area (Å²) < 4.78 is 15.7. The molecule has 0 N–H and O–H groups in total. The van der Waals surface area contributed by atoms with Gasteiger partial charge < -0.3 is 14.2 Å². The van der Waals surface area contributed by atoms with Crippen LogP contribution in [0.2, 0.25) is 0 Å². The second-order valence-corrected chi connectivity index (χ2v) is 5.61. The maximum absolute atomic E-state index is 12.7. The van der Waals surface area contributed by atoms with Gasteiger partial charge >= 0.3 is 11.9 Å². The smallest absolute Gasteiger partial charge is 0.350 e. The van der Waals surface area contributed by atoms with E-state index in [4.69, 9.17) is 14.2 Å². The molecule has 0 amide bonds. The second kappa shape index (κ2) is 5.26. The summed E-state index contributed by atoms with van der Waals surface area (Å²) >= 11 is 0. The fraction of sp³-hybridized carbons (Fsp3) is 0.667. The Morgan fingerprint density at radius 1 is 1.33 bits per heavy atom. The van der Waals surface area contributed by atoms with E-state index >= 15 is 0 Å². The van der Waals surface area contributed by atoms with Gasteiger partial charge in [-0.1, -0.05) is 6.58 Å². The summed E-state index contributed by atoms with van der Waals surface area (Å²) in [5.41, 5.74) is -2.30. The summed E-state index contributed by atoms with van der Waals surface area (Å²) in [6, 6.07) is 0. The van der Waals surface area contributed by atoms with Crippen LogP contribution < -0.4 is 0 Å². The number of carbonyl (C=O) groups is 3. The third-order valence-electron chi connectivity index (χ3n) is 3.92. The minimum absolute atomic E-state index is 0.116. The topological polar surface area (TPSA) is 78.9 Å². The van der Waals surface area contributed by atoms with Gasteiger partial charge in [-0.25, -0.2) is 4.79 Å². The van der Waals surface area contributed by atoms with Crippen molar-refractivity contribution in [2.24, 2.45) is 5.92 Å². The Kier molecular flexibility index (Phi) is 3.93. The lowest BCUT2D eigenvalue weighted by Crippen LogP contribution is -2.58. The van der Waals surface area contributed by atoms with Crippen LogP contribution in [-0.4, -0.2) is 42.1 Å². The lowest BCUT2D eigenvalue weighted by molar-refractivity contribution is -0.195. The van der Waals surface area contributed by atoms with E-state index in [1.165, 1.54) is 0 Å². The fourth-order valence-electron chi connectivity index (χ4n) is 3.11. The maximum Gasteiger partial charge on any atom is 0.350 e. The molecule has 0 aromatic rings. The molecule has 0 spiro atoms. The zero-order valence-corrected chi connectivity index (χ0v) is 12.6. The van der Waals surface area contributed by atoms with Gasteiger partial charge in [0.05, 0.1) is 18.8 Å². The van der Waals surface area contributed by atoms with E-state index in [1.807, 2.05) is 0 Å². The van der Waals surface area contributed by atoms with E-state index < -0.39 is 34.8 Å². The molecule has 21 heavy (non-hydrogen) atoms. The molecule has 0 aromatic carbocycles. The Morgan fingerprint density at radius 2 is 1.95 bits per heavy atom. The Labute approximate surface area is 123 Å². The van der Waals surface area contributed by atoms with Gasteiger partial charge in [0.1, 0.15) is 5.92 Å². The van der Waals surface area contributed by atoms with Crippen LogP contribution in [0.3, 0.4) is 0 Å². The highest BCUT2D eigenvalue weighted by molar-refractivity contribution is 6.18. The first-order chi connectivity index (χ1) is 9.80. The van der Waals surface area contributed by atoms with Gasteiger partial charge in [-0.2, -0.15) is 0 Å². The Balaban J connectivity index is 2.42. The monoisotopic (exact) mass is 296 g/mol. The summed E-state index contributed by atoms with van der Waals surface area (Å²) in [5, 5.41) is 0. The number of Topliss-reactive ketones (excluding diaryl/α,β-unsaturated/α-hetero) is 1. The average Bonchev–Trinajstić information content (AvgIpc) is 2.64. The van der Waals surface area contributed by atoms with Gasteiger partial charge in [0.25, 0.3) is 0 Å². The first kappa shape index (κ1) is 15.7. The number of esters is 2. The van der Waals surface area contributed by atoms with Crippen LogP contribution in [-0.2, 0) is 28.6 Å². The maximum atomic E-state index is 12.7. The molecule has 6 nitrogen and oxygen atoms in total. The van der Waals surface area contributed by atoms with E-state index in [9.17, 15) is 14.4 Å². The fourth-order valence-corrected chi connectivity index (χ4v) is 3.11. The summed E-state index contributed by atoms with van der Waals surface area (Å²) in [4.78, 5) is 37.0. The zero-order chi connectivity index (χ0) is 15.8. The molecular formula is C15H20O6. The number of fused-ring (bicyclic) bond motifs is 2. The number of hydrogen-bond donors (Lipinski definition) is 0. The number of rotatable bonds is 4. The lowest BCUT2D eigenvalue weighted by atomic mass is 9.82. The van der Waals surface area contributed by atoms with Gasteiger partial charge in [-0.05, 0) is 32.8 Å². The molecule has 0 radical (unpaired) electrons. The zero-order valence-electron chi connectivity index (χ0n) is 12.6. The molecule has 3 atom stereocenters. The van der Waals surface area contributed by atoms with Gasteiger partial charge in [0.2, 0.25) is 5.60 Å². The molecular weight excluding hydrogens is 276 g/mol. The van der Waals surface area contributed by atoms with Crippen LogP contribution in [0.4, 0.5) is 0 Å². The van der Waals surface area contributed by atoms with Crippen molar-refractivity contribution in [3.8, 4) is 0 Å². The molecule has 6 heteroatoms. The second-order valence-electron chi connectivity index (χ2n) is 5.61. The molecule has 2 aliphatic rings. The van der Waals surface area contributed by atoms with Crippen molar-refractivity contribution in [1.82, 2.24) is 0 Å². The molecule has 2 fully saturated rings. The first-order valence-corrected chi connectivity index (χ1v) is 7.07. The first-order valence-electron chi connectivity index (χ1n) is 7.07. The van der Waals surface area contributed by atoms with E-state index in [1.54, 1.807) is 20.8 Å². The molecule has 0 aliphatic carbocycles. The Hall–Kier alpha value is -1.69. The van der Waals surface area contributed by atoms with Crippen molar-refractivity contribution in [3.05, 3.63) is 12.2 Å². The lowest BCUT2D eigenvalue weighted by Gasteiger charge is -2.38. The van der Waals surface area contributed by atoms with Crippen LogP contribution in [0.5, 0.6) is 0 Å². The Morgan fingerprint density at radius 3 is 2.52 bits per heavy atom. The molecule has 2 heterocycles. The molecule has 0 aromatic heterocycles. The van der Waals surface area contributed by atoms with Gasteiger partial charge in [0.15, 0.2) is 5.78 Å². The molecule has 0 unspecified atom stereocenters. The predicted octanol–water partition coefficient (Wildman–Crippen LogP) is 1.18. The third kappa shape index (κ3) is 2.27. The molecule has 2 rings (SSSR count). The standard InChI is InChI=1S/C15H20O6/c1-5-19-12(17)10-8-14(4)7-9(3)15(21-14,11(10)16)13(18)20-6-2/h10H,3,5-8H2,1-2,4H3/t10-,14+,15-/m0/s1. The van der Waals surface area contributed by atoms with E-state index in [2.05, 4.69) is 6.58 Å². The highest BCUT2D eigenvalue weighted by Gasteiger charge is 2.67. The molecule has 2 saturated heterocycles. The largest absolute Gasteiger partial charge is 0.465 e. The van der Waals surface area contributed by atoms with Crippen molar-refractivity contribution in [1.29, 1.82) is 0 Å². The van der Waals surface area contributed by atoms with E-state index in [0.717, 1.165) is 0 Å². The van der Waals surface area contributed by atoms with Crippen molar-refractivity contribution in [3.63, 3.8) is 0 Å². The van der Waals surface area contributed by atoms with Crippen LogP contribution in [0.25, 0.3) is 0 Å². The third-order valence-corrected chi connectivity index (χ3v) is 3.92. The van der Waals surface area contributed by atoms with Crippen molar-refractivity contribution >= 4 is 17.7 Å². The summed E-state index contributed by atoms with van der Waals surface area (Å²) in [6.07, 6.45) is 0.526. The highest BCUT2D eigenvalue weighted by atomic mass is 16.6. The summed E-state index contributed by atoms with van der Waals surface area (Å²) in [6.45, 7) is 9.17. The summed E-state index contributed by atoms with van der Waals surface area (Å²) in [5.74, 6) is -3.06. The number of ether oxygens (including phenoxy) is 3. The molecule has 2 aliphatic heterocycles. The van der Waals surface area contributed by atoms with Crippen molar-refractivity contribution < 1.29 is 28.6 Å². The van der Waals surface area contributed by atoms with Crippen LogP contribution in [0, 0.1) is 5.92 Å². The number of carbonyl (C=O) groups excluding carboxylic acids is 3. The number of hydrogen-bond acceptors (Lipinski definition) is 6. The van der Waals surface area contributed by atoms with Crippen LogP contribution >= 0.6 is 0 Å². The molecule has 0 saturated carbocycles. The van der Waals surface area contributed by atoms with Gasteiger partial charge in [0, 0.05) is 6.42 Å². The van der Waals surface area contributed by atoms with Gasteiger partial charge in [-0.3, -0.25) is 9.59 Å². The minimum Gasteiger partial charge on any atom is -0.465 e. The molecule has 2 bridgehead atoms. The predicted molar refractivity (Wildman–Crippen MR) is 72.4 cm³/mol. The van der Waals surface area contributed by atoms with Crippen molar-refractivity contribution in [2.75, 3.05) is 13.2 Å². The van der Waals surface area contributed by atoms with Crippen molar-refractivity contribution in [2.45, 2.75) is 44.8 Å². The van der Waals surface area contributed by atoms with E-state index in [0.29, 0.717) is 12.0 Å². The quantitative estimate of drug-likeness (QED) is 0.440. The minimum atomic E-state index is -1.86. The van der Waals surface area contributed by atoms with Gasteiger partial charge in [-0.15, -0.1) is 0 Å². The normalized spacial score (nSPS) is 34.7. The Bertz CT molecular complexity index is 510.